The summed E-state index contributed by atoms with van der Waals surface area (Å²) in [5, 5.41) is 0. The van der Waals surface area contributed by atoms with Crippen molar-refractivity contribution < 1.29 is 0 Å². The van der Waals surface area contributed by atoms with E-state index < -0.39 is 0 Å². The minimum absolute atomic E-state index is 0.0186. The van der Waals surface area contributed by atoms with E-state index in [1.54, 1.807) is 0 Å². The Morgan fingerprint density at radius 2 is 0.917 bits per heavy atom. The maximum atomic E-state index is 2.71. The summed E-state index contributed by atoms with van der Waals surface area (Å²) in [7, 11) is 0. The largest absolute Gasteiger partial charge is 0.313 e. The summed E-state index contributed by atoms with van der Waals surface area (Å²) in [4.78, 5) is 2.71. The monoisotopic (exact) mass is 623 g/mol. The second-order valence-corrected chi connectivity index (χ2v) is 18.3. The van der Waals surface area contributed by atoms with E-state index in [9.17, 15) is 0 Å². The van der Waals surface area contributed by atoms with Gasteiger partial charge in [0.25, 0.3) is 0 Å². The Kier molecular flexibility index (Phi) is 5.76. The smallest absolute Gasteiger partial charge is 0.247 e. The van der Waals surface area contributed by atoms with E-state index in [0.29, 0.717) is 0 Å². The van der Waals surface area contributed by atoms with Crippen LogP contribution in [-0.2, 0) is 21.7 Å². The molecule has 0 saturated carbocycles. The number of nitrogens with zero attached hydrogens (tertiary/aromatic N) is 1. The zero-order valence-corrected chi connectivity index (χ0v) is 30.7. The van der Waals surface area contributed by atoms with Gasteiger partial charge in [0.15, 0.2) is 0 Å². The average Bonchev–Trinajstić information content (AvgIpc) is 3.01. The predicted octanol–water partition coefficient (Wildman–Crippen LogP) is 7.00. The number of benzene rings is 5. The highest BCUT2D eigenvalue weighted by atomic mass is 15.2. The molecule has 5 aromatic rings. The first-order valence-electron chi connectivity index (χ1n) is 18.0. The SMILES string of the molecule is Cc1cc2c3c(c1)B1c4ccccc4C(C)(C)c4c(C(C)(C)C)ccc(c41)N3c1ccc(C(C)(C)C)c3c1B2c1ccccc1C3(C)C. The number of hydrogen-bond donors (Lipinski definition) is 0. The van der Waals surface area contributed by atoms with Gasteiger partial charge in [0.05, 0.1) is 0 Å². The normalized spacial score (nSPS) is 17.3. The van der Waals surface area contributed by atoms with Crippen LogP contribution in [0.2, 0.25) is 0 Å². The molecule has 238 valence electrons. The Bertz CT molecular complexity index is 2090. The molecule has 0 fully saturated rings. The van der Waals surface area contributed by atoms with Gasteiger partial charge >= 0.3 is 0 Å². The van der Waals surface area contributed by atoms with Gasteiger partial charge < -0.3 is 4.90 Å². The van der Waals surface area contributed by atoms with Crippen molar-refractivity contribution in [3.05, 3.63) is 124 Å². The van der Waals surface area contributed by atoms with E-state index in [1.807, 2.05) is 0 Å². The highest BCUT2D eigenvalue weighted by Gasteiger charge is 2.53. The maximum Gasteiger partial charge on any atom is 0.247 e. The molecule has 3 heteroatoms. The fourth-order valence-electron chi connectivity index (χ4n) is 10.6. The van der Waals surface area contributed by atoms with Crippen LogP contribution in [0.3, 0.4) is 0 Å². The lowest BCUT2D eigenvalue weighted by Crippen LogP contribution is -2.70. The summed E-state index contributed by atoms with van der Waals surface area (Å²) in [5.74, 6) is 0. The third-order valence-corrected chi connectivity index (χ3v) is 12.4. The fraction of sp³-hybridized carbons (Fsp3) is 0.333. The Morgan fingerprint density at radius 3 is 1.31 bits per heavy atom. The standard InChI is InChI=1S/C45H47B2N/c1-26-24-33-41-34(25-26)47-32-19-15-13-17-28(32)45(10,11)38-30(43(5,6)7)21-23-36(40(38)47)48(41)35-22-20-29(42(2,3)4)37-39(35)46(33)31-18-14-12-16-27(31)44(37,8)9/h12-25H,1-11H3. The Labute approximate surface area is 289 Å². The van der Waals surface area contributed by atoms with Crippen LogP contribution in [0.15, 0.2) is 84.9 Å². The summed E-state index contributed by atoms with van der Waals surface area (Å²) in [6, 6.07) is 33.6. The summed E-state index contributed by atoms with van der Waals surface area (Å²) in [5.41, 5.74) is 23.1. The zero-order chi connectivity index (χ0) is 33.9. The molecule has 0 amide bonds. The van der Waals surface area contributed by atoms with Crippen molar-refractivity contribution in [3.63, 3.8) is 0 Å². The number of hydrogen-bond acceptors (Lipinski definition) is 1. The second-order valence-electron chi connectivity index (χ2n) is 18.3. The first-order valence-corrected chi connectivity index (χ1v) is 18.0. The van der Waals surface area contributed by atoms with E-state index in [1.165, 1.54) is 88.8 Å². The van der Waals surface area contributed by atoms with Crippen molar-refractivity contribution in [1.29, 1.82) is 0 Å². The lowest BCUT2D eigenvalue weighted by molar-refractivity contribution is 0.551. The molecule has 0 saturated heterocycles. The molecule has 4 heterocycles. The second kappa shape index (κ2) is 9.17. The van der Waals surface area contributed by atoms with Crippen molar-refractivity contribution >= 4 is 63.3 Å². The first-order chi connectivity index (χ1) is 22.5. The molecule has 0 spiro atoms. The topological polar surface area (TPSA) is 3.24 Å². The fourth-order valence-corrected chi connectivity index (χ4v) is 10.6. The molecule has 0 unspecified atom stereocenters. The number of aryl methyl sites for hydroxylation is 1. The van der Waals surface area contributed by atoms with E-state index in [4.69, 9.17) is 0 Å². The molecule has 5 aromatic carbocycles. The van der Waals surface area contributed by atoms with Gasteiger partial charge in [0.1, 0.15) is 0 Å². The van der Waals surface area contributed by atoms with Crippen LogP contribution in [0.5, 0.6) is 0 Å². The molecule has 1 nitrogen and oxygen atoms in total. The van der Waals surface area contributed by atoms with Crippen molar-refractivity contribution in [1.82, 2.24) is 0 Å². The molecule has 0 radical (unpaired) electrons. The van der Waals surface area contributed by atoms with Gasteiger partial charge in [0.2, 0.25) is 13.4 Å². The molecule has 0 N–H and O–H groups in total. The molecule has 0 bridgehead atoms. The van der Waals surface area contributed by atoms with Crippen LogP contribution in [0.1, 0.15) is 108 Å². The summed E-state index contributed by atoms with van der Waals surface area (Å²) < 4.78 is 0. The quantitative estimate of drug-likeness (QED) is 0.165. The molecular formula is C45H47B2N. The van der Waals surface area contributed by atoms with Crippen LogP contribution in [0, 0.1) is 6.92 Å². The molecular weight excluding hydrogens is 576 g/mol. The Balaban J connectivity index is 1.48. The van der Waals surface area contributed by atoms with Crippen LogP contribution >= 0.6 is 0 Å². The van der Waals surface area contributed by atoms with E-state index in [-0.39, 0.29) is 35.1 Å². The van der Waals surface area contributed by atoms with E-state index in [0.717, 1.165) is 0 Å². The summed E-state index contributed by atoms with van der Waals surface area (Å²) >= 11 is 0. The predicted molar refractivity (Wildman–Crippen MR) is 210 cm³/mol. The Morgan fingerprint density at radius 1 is 0.521 bits per heavy atom. The van der Waals surface area contributed by atoms with Crippen LogP contribution in [-0.4, -0.2) is 13.4 Å². The van der Waals surface area contributed by atoms with E-state index >= 15 is 0 Å². The minimum atomic E-state index is -0.125. The lowest BCUT2D eigenvalue weighted by atomic mass is 9.26. The maximum absolute atomic E-state index is 2.71. The third-order valence-electron chi connectivity index (χ3n) is 12.4. The van der Waals surface area contributed by atoms with Gasteiger partial charge in [-0.15, -0.1) is 0 Å². The molecule has 0 aliphatic carbocycles. The van der Waals surface area contributed by atoms with Crippen molar-refractivity contribution in [2.75, 3.05) is 4.90 Å². The van der Waals surface area contributed by atoms with Gasteiger partial charge in [0, 0.05) is 27.9 Å². The Hall–Kier alpha value is -3.97. The van der Waals surface area contributed by atoms with Crippen LogP contribution < -0.4 is 37.7 Å². The van der Waals surface area contributed by atoms with Crippen molar-refractivity contribution in [2.45, 2.75) is 97.8 Å². The van der Waals surface area contributed by atoms with Gasteiger partial charge in [-0.05, 0) is 85.1 Å². The van der Waals surface area contributed by atoms with Gasteiger partial charge in [-0.25, -0.2) is 0 Å². The van der Waals surface area contributed by atoms with E-state index in [2.05, 4.69) is 166 Å². The lowest BCUT2D eigenvalue weighted by Gasteiger charge is -2.52. The van der Waals surface area contributed by atoms with Crippen LogP contribution in [0.4, 0.5) is 17.1 Å². The molecule has 0 atom stereocenters. The van der Waals surface area contributed by atoms with Gasteiger partial charge in [-0.3, -0.25) is 0 Å². The number of fused-ring (bicyclic) bond motifs is 8. The minimum Gasteiger partial charge on any atom is -0.313 e. The van der Waals surface area contributed by atoms with Gasteiger partial charge in [-0.2, -0.15) is 0 Å². The summed E-state index contributed by atoms with van der Waals surface area (Å²) in [6.07, 6.45) is 0. The highest BCUT2D eigenvalue weighted by molar-refractivity contribution is 7.03. The zero-order valence-electron chi connectivity index (χ0n) is 30.7. The van der Waals surface area contributed by atoms with Crippen molar-refractivity contribution in [3.8, 4) is 0 Å². The molecule has 0 aromatic heterocycles. The van der Waals surface area contributed by atoms with Gasteiger partial charge in [-0.1, -0.05) is 159 Å². The molecule has 48 heavy (non-hydrogen) atoms. The molecule has 4 aliphatic rings. The summed E-state index contributed by atoms with van der Waals surface area (Å²) in [6.45, 7) is 26.9. The number of rotatable bonds is 0. The highest BCUT2D eigenvalue weighted by Crippen LogP contribution is 2.49. The first kappa shape index (κ1) is 30.1. The third kappa shape index (κ3) is 3.61. The van der Waals surface area contributed by atoms with Crippen molar-refractivity contribution in [2.24, 2.45) is 0 Å². The van der Waals surface area contributed by atoms with Crippen LogP contribution in [0.25, 0.3) is 0 Å². The molecule has 9 rings (SSSR count). The average molecular weight is 624 g/mol. The number of anilines is 3. The molecule has 4 aliphatic heterocycles.